The molecule has 1 unspecified atom stereocenters. The molecule has 2 aromatic carbocycles. The van der Waals surface area contributed by atoms with Crippen LogP contribution in [0.5, 0.6) is 0 Å². The van der Waals surface area contributed by atoms with Gasteiger partial charge in [0.2, 0.25) is 0 Å². The van der Waals surface area contributed by atoms with Crippen LogP contribution < -0.4 is 11.1 Å². The summed E-state index contributed by atoms with van der Waals surface area (Å²) in [5.41, 5.74) is 7.16. The van der Waals surface area contributed by atoms with E-state index in [2.05, 4.69) is 5.32 Å². The number of benzene rings is 2. The van der Waals surface area contributed by atoms with Crippen molar-refractivity contribution in [1.29, 1.82) is 0 Å². The van der Waals surface area contributed by atoms with Crippen LogP contribution in [0.3, 0.4) is 0 Å². The molecule has 7 heteroatoms. The number of halogens is 2. The third kappa shape index (κ3) is 4.45. The van der Waals surface area contributed by atoms with Gasteiger partial charge in [0.1, 0.15) is 0 Å². The number of amides is 1. The van der Waals surface area contributed by atoms with Crippen LogP contribution in [0.15, 0.2) is 42.5 Å². The average molecular weight is 353 g/mol. The first-order valence-electron chi connectivity index (χ1n) is 6.71. The molecule has 0 aromatic heterocycles. The van der Waals surface area contributed by atoms with E-state index in [-0.39, 0.29) is 22.0 Å². The van der Waals surface area contributed by atoms with Gasteiger partial charge in [0.25, 0.3) is 5.91 Å². The highest BCUT2D eigenvalue weighted by molar-refractivity contribution is 6.40. The van der Waals surface area contributed by atoms with Crippen molar-refractivity contribution in [2.75, 3.05) is 5.32 Å². The van der Waals surface area contributed by atoms with Crippen molar-refractivity contribution in [1.82, 2.24) is 0 Å². The van der Waals surface area contributed by atoms with E-state index in [1.807, 2.05) is 0 Å². The second-order valence-corrected chi connectivity index (χ2v) is 5.69. The van der Waals surface area contributed by atoms with Crippen LogP contribution in [0.1, 0.15) is 28.4 Å². The number of carboxylic acid groups (broad SMARTS) is 1. The van der Waals surface area contributed by atoms with Gasteiger partial charge in [0.05, 0.1) is 22.0 Å². The molecule has 0 radical (unpaired) electrons. The standard InChI is InChI=1S/C16H14Cl2N2O3/c17-11-2-1-3-12(18)15(11)16(23)20-10-6-4-9(5-7-10)13(19)8-14(21)22/h1-7,13H,8,19H2,(H,20,23)(H,21,22). The Balaban J connectivity index is 2.12. The van der Waals surface area contributed by atoms with E-state index in [4.69, 9.17) is 34.0 Å². The van der Waals surface area contributed by atoms with E-state index in [1.165, 1.54) is 0 Å². The van der Waals surface area contributed by atoms with E-state index in [1.54, 1.807) is 42.5 Å². The lowest BCUT2D eigenvalue weighted by molar-refractivity contribution is -0.137. The van der Waals surface area contributed by atoms with Gasteiger partial charge >= 0.3 is 5.97 Å². The monoisotopic (exact) mass is 352 g/mol. The number of nitrogens with two attached hydrogens (primary N) is 1. The molecule has 120 valence electrons. The minimum atomic E-state index is -0.969. The Bertz CT molecular complexity index is 712. The molecular formula is C16H14Cl2N2O3. The topological polar surface area (TPSA) is 92.4 Å². The van der Waals surface area contributed by atoms with Crippen molar-refractivity contribution in [3.63, 3.8) is 0 Å². The minimum Gasteiger partial charge on any atom is -0.481 e. The molecule has 2 rings (SSSR count). The van der Waals surface area contributed by atoms with Crippen LogP contribution in [0, 0.1) is 0 Å². The Hall–Kier alpha value is -2.08. The largest absolute Gasteiger partial charge is 0.481 e. The summed E-state index contributed by atoms with van der Waals surface area (Å²) >= 11 is 12.0. The maximum absolute atomic E-state index is 12.2. The minimum absolute atomic E-state index is 0.166. The van der Waals surface area contributed by atoms with Crippen molar-refractivity contribution >= 4 is 40.8 Å². The number of carbonyl (C=O) groups is 2. The number of carboxylic acids is 1. The quantitative estimate of drug-likeness (QED) is 0.764. The molecule has 0 fully saturated rings. The highest BCUT2D eigenvalue weighted by Gasteiger charge is 2.15. The molecular weight excluding hydrogens is 339 g/mol. The number of rotatable bonds is 5. The predicted octanol–water partition coefficient (Wildman–Crippen LogP) is 3.72. The smallest absolute Gasteiger partial charge is 0.305 e. The first-order chi connectivity index (χ1) is 10.9. The summed E-state index contributed by atoms with van der Waals surface area (Å²) in [5, 5.41) is 11.9. The summed E-state index contributed by atoms with van der Waals surface area (Å²) in [5.74, 6) is -1.40. The normalized spacial score (nSPS) is 11.8. The van der Waals surface area contributed by atoms with Gasteiger partial charge in [-0.25, -0.2) is 0 Å². The maximum atomic E-state index is 12.2. The first kappa shape index (κ1) is 17.3. The van der Waals surface area contributed by atoms with Crippen LogP contribution in [0.4, 0.5) is 5.69 Å². The van der Waals surface area contributed by atoms with E-state index in [0.717, 1.165) is 0 Å². The van der Waals surface area contributed by atoms with Crippen LogP contribution in [0.25, 0.3) is 0 Å². The van der Waals surface area contributed by atoms with E-state index < -0.39 is 17.9 Å². The average Bonchev–Trinajstić information content (AvgIpc) is 2.47. The fourth-order valence-corrected chi connectivity index (χ4v) is 2.60. The highest BCUT2D eigenvalue weighted by atomic mass is 35.5. The first-order valence-corrected chi connectivity index (χ1v) is 7.46. The van der Waals surface area contributed by atoms with Crippen molar-refractivity contribution in [2.24, 2.45) is 5.73 Å². The maximum Gasteiger partial charge on any atom is 0.305 e. The Kier molecular flexibility index (Phi) is 5.60. The SMILES string of the molecule is NC(CC(=O)O)c1ccc(NC(=O)c2c(Cl)cccc2Cl)cc1. The van der Waals surface area contributed by atoms with Crippen LogP contribution in [-0.4, -0.2) is 17.0 Å². The van der Waals surface area contributed by atoms with Gasteiger partial charge in [0.15, 0.2) is 0 Å². The summed E-state index contributed by atoms with van der Waals surface area (Å²) in [6.45, 7) is 0. The van der Waals surface area contributed by atoms with Crippen molar-refractivity contribution in [3.8, 4) is 0 Å². The zero-order valence-electron chi connectivity index (χ0n) is 11.9. The zero-order chi connectivity index (χ0) is 17.0. The van der Waals surface area contributed by atoms with Gasteiger partial charge < -0.3 is 16.2 Å². The molecule has 0 aliphatic heterocycles. The summed E-state index contributed by atoms with van der Waals surface area (Å²) in [6, 6.07) is 10.8. The van der Waals surface area contributed by atoms with Gasteiger partial charge in [-0.05, 0) is 29.8 Å². The third-order valence-corrected chi connectivity index (χ3v) is 3.81. The summed E-state index contributed by atoms with van der Waals surface area (Å²) in [4.78, 5) is 22.9. The van der Waals surface area contributed by atoms with Crippen molar-refractivity contribution < 1.29 is 14.7 Å². The molecule has 0 saturated heterocycles. The Morgan fingerprint density at radius 1 is 1.09 bits per heavy atom. The highest BCUT2D eigenvalue weighted by Crippen LogP contribution is 2.25. The van der Waals surface area contributed by atoms with Crippen molar-refractivity contribution in [2.45, 2.75) is 12.5 Å². The Morgan fingerprint density at radius 3 is 2.17 bits per heavy atom. The molecule has 23 heavy (non-hydrogen) atoms. The molecule has 0 bridgehead atoms. The van der Waals surface area contributed by atoms with Crippen LogP contribution in [0.2, 0.25) is 10.0 Å². The van der Waals surface area contributed by atoms with Gasteiger partial charge in [-0.1, -0.05) is 41.4 Å². The lowest BCUT2D eigenvalue weighted by Gasteiger charge is -2.11. The molecule has 1 amide bonds. The van der Waals surface area contributed by atoms with Crippen LogP contribution >= 0.6 is 23.2 Å². The molecule has 4 N–H and O–H groups in total. The number of hydrogen-bond donors (Lipinski definition) is 3. The molecule has 1 atom stereocenters. The third-order valence-electron chi connectivity index (χ3n) is 3.18. The van der Waals surface area contributed by atoms with E-state index >= 15 is 0 Å². The van der Waals surface area contributed by atoms with Gasteiger partial charge in [-0.15, -0.1) is 0 Å². The lowest BCUT2D eigenvalue weighted by Crippen LogP contribution is -2.15. The molecule has 0 heterocycles. The molecule has 5 nitrogen and oxygen atoms in total. The number of hydrogen-bond acceptors (Lipinski definition) is 3. The second-order valence-electron chi connectivity index (χ2n) is 4.88. The number of anilines is 1. The van der Waals surface area contributed by atoms with Gasteiger partial charge in [-0.2, -0.15) is 0 Å². The predicted molar refractivity (Wildman–Crippen MR) is 90.0 cm³/mol. The molecule has 0 saturated carbocycles. The summed E-state index contributed by atoms with van der Waals surface area (Å²) in [7, 11) is 0. The number of nitrogens with one attached hydrogen (secondary N) is 1. The summed E-state index contributed by atoms with van der Waals surface area (Å²) in [6.07, 6.45) is -0.166. The second kappa shape index (κ2) is 7.46. The lowest BCUT2D eigenvalue weighted by atomic mass is 10.0. The zero-order valence-corrected chi connectivity index (χ0v) is 13.4. The number of carbonyl (C=O) groups excluding carboxylic acids is 1. The molecule has 0 aliphatic rings. The van der Waals surface area contributed by atoms with Crippen molar-refractivity contribution in [3.05, 3.63) is 63.6 Å². The molecule has 2 aromatic rings. The Morgan fingerprint density at radius 2 is 1.65 bits per heavy atom. The summed E-state index contributed by atoms with van der Waals surface area (Å²) < 4.78 is 0. The Labute approximate surface area is 143 Å². The van der Waals surface area contributed by atoms with E-state index in [0.29, 0.717) is 11.3 Å². The van der Waals surface area contributed by atoms with Crippen LogP contribution in [-0.2, 0) is 4.79 Å². The van der Waals surface area contributed by atoms with Gasteiger partial charge in [-0.3, -0.25) is 9.59 Å². The fraction of sp³-hybridized carbons (Fsp3) is 0.125. The number of aliphatic carboxylic acids is 1. The fourth-order valence-electron chi connectivity index (χ4n) is 2.03. The van der Waals surface area contributed by atoms with E-state index in [9.17, 15) is 9.59 Å². The van der Waals surface area contributed by atoms with Gasteiger partial charge in [0, 0.05) is 11.7 Å². The molecule has 0 spiro atoms. The molecule has 0 aliphatic carbocycles.